The zero-order valence-electron chi connectivity index (χ0n) is 22.2. The third-order valence-corrected chi connectivity index (χ3v) is 6.53. The summed E-state index contributed by atoms with van der Waals surface area (Å²) in [5.74, 6) is -2.22. The number of aliphatic carboxylic acids is 2. The SMILES string of the molecule is CC(OC(=O)OCc1ccccc1)C(CCCCCCC(=O)O)(C(=O)O)C(C)OC(=O)OCc1ccccc1. The first kappa shape index (κ1) is 31.1. The highest BCUT2D eigenvalue weighted by atomic mass is 16.7. The second-order valence-electron chi connectivity index (χ2n) is 9.22. The van der Waals surface area contributed by atoms with Gasteiger partial charge in [-0.2, -0.15) is 0 Å². The highest BCUT2D eigenvalue weighted by Crippen LogP contribution is 2.38. The summed E-state index contributed by atoms with van der Waals surface area (Å²) in [6.45, 7) is 2.71. The van der Waals surface area contributed by atoms with Crippen LogP contribution in [0.1, 0.15) is 63.5 Å². The number of carboxylic acids is 2. The van der Waals surface area contributed by atoms with Crippen molar-refractivity contribution in [1.29, 1.82) is 0 Å². The molecule has 0 fully saturated rings. The summed E-state index contributed by atoms with van der Waals surface area (Å²) in [4.78, 5) is 48.4. The van der Waals surface area contributed by atoms with Crippen molar-refractivity contribution in [2.24, 2.45) is 5.41 Å². The molecule has 10 heteroatoms. The van der Waals surface area contributed by atoms with Crippen LogP contribution in [0.25, 0.3) is 0 Å². The van der Waals surface area contributed by atoms with Crippen molar-refractivity contribution in [2.75, 3.05) is 0 Å². The first-order valence-electron chi connectivity index (χ1n) is 12.8. The van der Waals surface area contributed by atoms with E-state index in [1.165, 1.54) is 13.8 Å². The molecule has 0 aliphatic heterocycles. The Morgan fingerprint density at radius 3 is 1.54 bits per heavy atom. The van der Waals surface area contributed by atoms with Crippen LogP contribution in [0.4, 0.5) is 9.59 Å². The molecular weight excluding hydrogens is 508 g/mol. The summed E-state index contributed by atoms with van der Waals surface area (Å²) in [5, 5.41) is 19.2. The quantitative estimate of drug-likeness (QED) is 0.191. The Morgan fingerprint density at radius 2 is 1.13 bits per heavy atom. The van der Waals surface area contributed by atoms with Crippen molar-refractivity contribution in [1.82, 2.24) is 0 Å². The standard InChI is InChI=1S/C29H36O10/c1-21(38-27(34)36-19-23-13-7-5-8-14-23)29(26(32)33,18-12-4-3-11-17-25(30)31)22(2)39-28(35)37-20-24-15-9-6-10-16-24/h5-10,13-16,21-22H,3-4,11-12,17-20H2,1-2H3,(H,30,31)(H,32,33). The van der Waals surface area contributed by atoms with E-state index in [0.717, 1.165) is 11.1 Å². The van der Waals surface area contributed by atoms with Crippen molar-refractivity contribution < 1.29 is 48.3 Å². The summed E-state index contributed by atoms with van der Waals surface area (Å²) >= 11 is 0. The van der Waals surface area contributed by atoms with Gasteiger partial charge in [-0.15, -0.1) is 0 Å². The fourth-order valence-electron chi connectivity index (χ4n) is 4.24. The minimum absolute atomic E-state index is 0.00430. The van der Waals surface area contributed by atoms with Crippen molar-refractivity contribution in [2.45, 2.75) is 77.8 Å². The molecule has 0 heterocycles. The summed E-state index contributed by atoms with van der Waals surface area (Å²) in [6, 6.07) is 17.8. The molecule has 10 nitrogen and oxygen atoms in total. The van der Waals surface area contributed by atoms with Crippen molar-refractivity contribution >= 4 is 24.2 Å². The molecule has 2 unspecified atom stereocenters. The van der Waals surface area contributed by atoms with Crippen molar-refractivity contribution in [3.05, 3.63) is 71.8 Å². The monoisotopic (exact) mass is 544 g/mol. The first-order valence-corrected chi connectivity index (χ1v) is 12.8. The number of rotatable bonds is 16. The predicted octanol–water partition coefficient (Wildman–Crippen LogP) is 5.97. The lowest BCUT2D eigenvalue weighted by molar-refractivity contribution is -0.171. The number of hydrogen-bond acceptors (Lipinski definition) is 8. The maximum atomic E-state index is 12.7. The minimum Gasteiger partial charge on any atom is -0.481 e. The van der Waals surface area contributed by atoms with E-state index in [4.69, 9.17) is 24.1 Å². The highest BCUT2D eigenvalue weighted by Gasteiger charge is 2.52. The molecule has 212 valence electrons. The third kappa shape index (κ3) is 10.3. The molecular formula is C29H36O10. The van der Waals surface area contributed by atoms with E-state index in [0.29, 0.717) is 25.7 Å². The second kappa shape index (κ2) is 16.0. The van der Waals surface area contributed by atoms with Gasteiger partial charge in [0.25, 0.3) is 0 Å². The Hall–Kier alpha value is -4.08. The van der Waals surface area contributed by atoms with Gasteiger partial charge in [-0.05, 0) is 37.8 Å². The summed E-state index contributed by atoms with van der Waals surface area (Å²) in [7, 11) is 0. The molecule has 0 aliphatic carbocycles. The van der Waals surface area contributed by atoms with E-state index in [9.17, 15) is 24.3 Å². The van der Waals surface area contributed by atoms with Gasteiger partial charge in [0.05, 0.1) is 0 Å². The van der Waals surface area contributed by atoms with Crippen LogP contribution in [-0.2, 0) is 41.8 Å². The van der Waals surface area contributed by atoms with Crippen LogP contribution in [0.2, 0.25) is 0 Å². The van der Waals surface area contributed by atoms with Gasteiger partial charge in [0.2, 0.25) is 0 Å². The van der Waals surface area contributed by atoms with Gasteiger partial charge >= 0.3 is 24.2 Å². The van der Waals surface area contributed by atoms with Crippen LogP contribution < -0.4 is 0 Å². The van der Waals surface area contributed by atoms with E-state index in [1.807, 2.05) is 12.1 Å². The maximum Gasteiger partial charge on any atom is 0.508 e. The number of carboxylic acid groups (broad SMARTS) is 2. The van der Waals surface area contributed by atoms with Gasteiger partial charge in [-0.1, -0.05) is 79.9 Å². The normalized spacial score (nSPS) is 13.8. The van der Waals surface area contributed by atoms with Gasteiger partial charge in [0, 0.05) is 6.42 Å². The molecule has 2 atom stereocenters. The van der Waals surface area contributed by atoms with Crippen molar-refractivity contribution in [3.8, 4) is 0 Å². The molecule has 0 saturated heterocycles. The Morgan fingerprint density at radius 1 is 0.692 bits per heavy atom. The van der Waals surface area contributed by atoms with Crippen molar-refractivity contribution in [3.63, 3.8) is 0 Å². The lowest BCUT2D eigenvalue weighted by atomic mass is 9.73. The molecule has 2 aromatic carbocycles. The third-order valence-electron chi connectivity index (χ3n) is 6.53. The average Bonchev–Trinajstić information content (AvgIpc) is 2.91. The zero-order chi connectivity index (χ0) is 28.7. The first-order chi connectivity index (χ1) is 18.6. The topological polar surface area (TPSA) is 146 Å². The van der Waals surface area contributed by atoms with E-state index in [1.54, 1.807) is 48.5 Å². The summed E-state index contributed by atoms with van der Waals surface area (Å²) in [5.41, 5.74) is -0.360. The molecule has 0 spiro atoms. The van der Waals surface area contributed by atoms with Crippen LogP contribution in [0.15, 0.2) is 60.7 Å². The second-order valence-corrected chi connectivity index (χ2v) is 9.22. The van der Waals surface area contributed by atoms with Crippen LogP contribution in [0.5, 0.6) is 0 Å². The van der Waals surface area contributed by atoms with Gasteiger partial charge < -0.3 is 29.2 Å². The molecule has 2 N–H and O–H groups in total. The average molecular weight is 545 g/mol. The fraction of sp³-hybridized carbons (Fsp3) is 0.448. The highest BCUT2D eigenvalue weighted by molar-refractivity contribution is 5.77. The van der Waals surface area contributed by atoms with E-state index >= 15 is 0 Å². The number of ether oxygens (including phenoxy) is 4. The minimum atomic E-state index is -1.82. The number of carbonyl (C=O) groups is 4. The molecule has 0 radical (unpaired) electrons. The molecule has 39 heavy (non-hydrogen) atoms. The Balaban J connectivity index is 2.10. The Labute approximate surface area is 227 Å². The van der Waals surface area contributed by atoms with Crippen LogP contribution in [-0.4, -0.2) is 46.7 Å². The molecule has 0 amide bonds. The van der Waals surface area contributed by atoms with E-state index in [2.05, 4.69) is 0 Å². The summed E-state index contributed by atoms with van der Waals surface area (Å²) < 4.78 is 21.1. The van der Waals surface area contributed by atoms with E-state index in [-0.39, 0.29) is 26.1 Å². The van der Waals surface area contributed by atoms with Gasteiger partial charge in [-0.25, -0.2) is 9.59 Å². The smallest absolute Gasteiger partial charge is 0.481 e. The lowest BCUT2D eigenvalue weighted by Crippen LogP contribution is -2.52. The molecule has 2 aromatic rings. The fourth-order valence-corrected chi connectivity index (χ4v) is 4.24. The van der Waals surface area contributed by atoms with Crippen LogP contribution in [0.3, 0.4) is 0 Å². The zero-order valence-corrected chi connectivity index (χ0v) is 22.2. The molecule has 0 saturated carbocycles. The largest absolute Gasteiger partial charge is 0.508 e. The lowest BCUT2D eigenvalue weighted by Gasteiger charge is -2.38. The van der Waals surface area contributed by atoms with Gasteiger partial charge in [0.15, 0.2) is 0 Å². The Kier molecular flexibility index (Phi) is 12.8. The molecule has 0 aliphatic rings. The van der Waals surface area contributed by atoms with Crippen LogP contribution >= 0.6 is 0 Å². The van der Waals surface area contributed by atoms with Crippen LogP contribution in [0, 0.1) is 5.41 Å². The summed E-state index contributed by atoms with van der Waals surface area (Å²) in [6.07, 6.45) is -2.66. The number of hydrogen-bond donors (Lipinski definition) is 2. The predicted molar refractivity (Wildman–Crippen MR) is 140 cm³/mol. The number of benzene rings is 2. The molecule has 2 rings (SSSR count). The molecule has 0 aromatic heterocycles. The van der Waals surface area contributed by atoms with E-state index < -0.39 is 41.9 Å². The molecule has 0 bridgehead atoms. The van der Waals surface area contributed by atoms with Gasteiger partial charge in [-0.3, -0.25) is 9.59 Å². The van der Waals surface area contributed by atoms with Gasteiger partial charge in [0.1, 0.15) is 30.8 Å². The number of unbranched alkanes of at least 4 members (excludes halogenated alkanes) is 3. The maximum absolute atomic E-state index is 12.7. The number of carbonyl (C=O) groups excluding carboxylic acids is 2. The Bertz CT molecular complexity index is 991.